The van der Waals surface area contributed by atoms with E-state index < -0.39 is 0 Å². The van der Waals surface area contributed by atoms with Crippen molar-refractivity contribution in [3.05, 3.63) is 47.0 Å². The largest absolute Gasteiger partial charge is 0.492 e. The molecule has 2 N–H and O–H groups in total. The fraction of sp³-hybridized carbons (Fsp3) is 0.231. The predicted octanol–water partition coefficient (Wildman–Crippen LogP) is 2.70. The van der Waals surface area contributed by atoms with Crippen molar-refractivity contribution in [2.45, 2.75) is 13.3 Å². The fourth-order valence-corrected chi connectivity index (χ4v) is 1.82. The zero-order valence-electron chi connectivity index (χ0n) is 10.1. The Bertz CT molecular complexity index is 528. The van der Waals surface area contributed by atoms with Crippen LogP contribution < -0.4 is 10.5 Å². The topological polar surface area (TPSA) is 61.0 Å². The third kappa shape index (κ3) is 3.11. The van der Waals surface area contributed by atoms with Crippen LogP contribution in [0.4, 0.5) is 5.69 Å². The molecule has 0 aliphatic heterocycles. The Morgan fingerprint density at radius 1 is 1.28 bits per heavy atom. The van der Waals surface area contributed by atoms with Crippen LogP contribution in [0, 0.1) is 0 Å². The molecule has 0 spiro atoms. The summed E-state index contributed by atoms with van der Waals surface area (Å²) in [5.41, 5.74) is 7.13. The van der Waals surface area contributed by atoms with Crippen LogP contribution >= 0.6 is 11.6 Å². The van der Waals surface area contributed by atoms with Crippen LogP contribution in [-0.2, 0) is 6.42 Å². The maximum absolute atomic E-state index is 6.11. The van der Waals surface area contributed by atoms with Gasteiger partial charge in [0.25, 0.3) is 0 Å². The average molecular weight is 264 g/mol. The molecule has 0 radical (unpaired) electrons. The molecule has 0 aliphatic rings. The molecular weight excluding hydrogens is 250 g/mol. The molecule has 0 aliphatic carbocycles. The molecule has 0 bridgehead atoms. The van der Waals surface area contributed by atoms with E-state index in [1.54, 1.807) is 12.4 Å². The number of aromatic nitrogens is 2. The molecule has 0 fully saturated rings. The van der Waals surface area contributed by atoms with E-state index in [1.165, 1.54) is 0 Å². The first-order valence-corrected chi connectivity index (χ1v) is 6.04. The molecule has 0 atom stereocenters. The van der Waals surface area contributed by atoms with Gasteiger partial charge in [0.15, 0.2) is 0 Å². The third-order valence-electron chi connectivity index (χ3n) is 2.38. The van der Waals surface area contributed by atoms with Gasteiger partial charge in [-0.15, -0.1) is 0 Å². The number of hydrogen-bond donors (Lipinski definition) is 1. The molecule has 0 unspecified atom stereocenters. The van der Waals surface area contributed by atoms with Gasteiger partial charge >= 0.3 is 0 Å². The summed E-state index contributed by atoms with van der Waals surface area (Å²) in [5, 5.41) is 0.602. The molecule has 1 aromatic carbocycles. The van der Waals surface area contributed by atoms with Crippen LogP contribution in [0.5, 0.6) is 5.75 Å². The number of rotatable bonds is 4. The highest BCUT2D eigenvalue weighted by atomic mass is 35.5. The molecule has 18 heavy (non-hydrogen) atoms. The van der Waals surface area contributed by atoms with Crippen molar-refractivity contribution in [3.8, 4) is 5.75 Å². The lowest BCUT2D eigenvalue weighted by molar-refractivity contribution is 0.340. The standard InChI is InChI=1S/C13H14ClN3O/c1-2-18-12-4-3-9(5-11(12)14)6-13-16-7-10(15)8-17-13/h3-5,7-8H,2,6,15H2,1H3. The summed E-state index contributed by atoms with van der Waals surface area (Å²) in [6.07, 6.45) is 3.81. The molecule has 4 nitrogen and oxygen atoms in total. The average Bonchev–Trinajstić information content (AvgIpc) is 2.36. The molecule has 94 valence electrons. The first-order chi connectivity index (χ1) is 8.69. The lowest BCUT2D eigenvalue weighted by atomic mass is 10.1. The summed E-state index contributed by atoms with van der Waals surface area (Å²) < 4.78 is 5.38. The number of anilines is 1. The minimum Gasteiger partial charge on any atom is -0.492 e. The summed E-state index contributed by atoms with van der Waals surface area (Å²) in [6, 6.07) is 5.68. The number of nitrogens with zero attached hydrogens (tertiary/aromatic N) is 2. The number of hydrogen-bond acceptors (Lipinski definition) is 4. The number of benzene rings is 1. The monoisotopic (exact) mass is 263 g/mol. The van der Waals surface area contributed by atoms with Gasteiger partial charge in [-0.2, -0.15) is 0 Å². The van der Waals surface area contributed by atoms with Gasteiger partial charge in [-0.25, -0.2) is 9.97 Å². The van der Waals surface area contributed by atoms with Crippen LogP contribution in [0.25, 0.3) is 0 Å². The van der Waals surface area contributed by atoms with Gasteiger partial charge in [-0.05, 0) is 24.6 Å². The minimum atomic E-state index is 0.559. The summed E-state index contributed by atoms with van der Waals surface area (Å²) in [7, 11) is 0. The van der Waals surface area contributed by atoms with Gasteiger partial charge in [0.05, 0.1) is 29.7 Å². The predicted molar refractivity (Wildman–Crippen MR) is 71.9 cm³/mol. The van der Waals surface area contributed by atoms with Crippen LogP contribution in [0.2, 0.25) is 5.02 Å². The molecule has 5 heteroatoms. The lowest BCUT2D eigenvalue weighted by Crippen LogP contribution is -1.98. The zero-order chi connectivity index (χ0) is 13.0. The molecular formula is C13H14ClN3O. The Morgan fingerprint density at radius 3 is 2.61 bits per heavy atom. The van der Waals surface area contributed by atoms with Crippen LogP contribution in [-0.4, -0.2) is 16.6 Å². The summed E-state index contributed by atoms with van der Waals surface area (Å²) in [5.74, 6) is 1.41. The highest BCUT2D eigenvalue weighted by molar-refractivity contribution is 6.32. The molecule has 1 heterocycles. The second-order valence-corrected chi connectivity index (χ2v) is 4.21. The van der Waals surface area contributed by atoms with Gasteiger partial charge in [0, 0.05) is 6.42 Å². The molecule has 2 rings (SSSR count). The Balaban J connectivity index is 2.14. The van der Waals surface area contributed by atoms with E-state index in [0.29, 0.717) is 35.3 Å². The lowest BCUT2D eigenvalue weighted by Gasteiger charge is -2.07. The van der Waals surface area contributed by atoms with E-state index >= 15 is 0 Å². The van der Waals surface area contributed by atoms with Crippen LogP contribution in [0.3, 0.4) is 0 Å². The Hall–Kier alpha value is -1.81. The zero-order valence-corrected chi connectivity index (χ0v) is 10.8. The maximum Gasteiger partial charge on any atom is 0.137 e. The van der Waals surface area contributed by atoms with Crippen molar-refractivity contribution in [2.24, 2.45) is 0 Å². The molecule has 0 amide bonds. The number of halogens is 1. The minimum absolute atomic E-state index is 0.559. The first kappa shape index (κ1) is 12.6. The van der Waals surface area contributed by atoms with Crippen molar-refractivity contribution >= 4 is 17.3 Å². The number of nitrogen functional groups attached to an aromatic ring is 1. The van der Waals surface area contributed by atoms with Crippen molar-refractivity contribution in [3.63, 3.8) is 0 Å². The highest BCUT2D eigenvalue weighted by Gasteiger charge is 2.04. The van der Waals surface area contributed by atoms with E-state index in [1.807, 2.05) is 25.1 Å². The van der Waals surface area contributed by atoms with Gasteiger partial charge in [-0.1, -0.05) is 17.7 Å². The van der Waals surface area contributed by atoms with Crippen LogP contribution in [0.15, 0.2) is 30.6 Å². The maximum atomic E-state index is 6.11. The molecule has 1 aromatic heterocycles. The van der Waals surface area contributed by atoms with E-state index in [0.717, 1.165) is 5.56 Å². The van der Waals surface area contributed by atoms with E-state index in [9.17, 15) is 0 Å². The molecule has 0 saturated heterocycles. The Kier molecular flexibility index (Phi) is 3.99. The second kappa shape index (κ2) is 5.69. The summed E-state index contributed by atoms with van der Waals surface area (Å²) in [4.78, 5) is 8.30. The quantitative estimate of drug-likeness (QED) is 0.921. The van der Waals surface area contributed by atoms with Crippen molar-refractivity contribution in [1.29, 1.82) is 0 Å². The van der Waals surface area contributed by atoms with E-state index in [4.69, 9.17) is 22.1 Å². The van der Waals surface area contributed by atoms with Gasteiger partial charge in [0.2, 0.25) is 0 Å². The Morgan fingerprint density at radius 2 is 2.00 bits per heavy atom. The van der Waals surface area contributed by atoms with Crippen molar-refractivity contribution in [1.82, 2.24) is 9.97 Å². The van der Waals surface area contributed by atoms with Crippen molar-refractivity contribution < 1.29 is 4.74 Å². The summed E-state index contributed by atoms with van der Waals surface area (Å²) in [6.45, 7) is 2.52. The normalized spacial score (nSPS) is 10.3. The van der Waals surface area contributed by atoms with Gasteiger partial charge in [0.1, 0.15) is 11.6 Å². The number of ether oxygens (including phenoxy) is 1. The van der Waals surface area contributed by atoms with E-state index in [2.05, 4.69) is 9.97 Å². The first-order valence-electron chi connectivity index (χ1n) is 5.66. The van der Waals surface area contributed by atoms with Gasteiger partial charge < -0.3 is 10.5 Å². The SMILES string of the molecule is CCOc1ccc(Cc2ncc(N)cn2)cc1Cl. The van der Waals surface area contributed by atoms with Crippen LogP contribution in [0.1, 0.15) is 18.3 Å². The number of nitrogens with two attached hydrogens (primary N) is 1. The Labute approximate surface area is 111 Å². The van der Waals surface area contributed by atoms with Gasteiger partial charge in [-0.3, -0.25) is 0 Å². The molecule has 0 saturated carbocycles. The van der Waals surface area contributed by atoms with Crippen molar-refractivity contribution in [2.75, 3.05) is 12.3 Å². The third-order valence-corrected chi connectivity index (χ3v) is 2.68. The second-order valence-electron chi connectivity index (χ2n) is 3.81. The van der Waals surface area contributed by atoms with E-state index in [-0.39, 0.29) is 0 Å². The fourth-order valence-electron chi connectivity index (χ4n) is 1.57. The summed E-state index contributed by atoms with van der Waals surface area (Å²) >= 11 is 6.11. The highest BCUT2D eigenvalue weighted by Crippen LogP contribution is 2.26. The smallest absolute Gasteiger partial charge is 0.137 e. The molecule has 2 aromatic rings.